The first kappa shape index (κ1) is 18.9. The van der Waals surface area contributed by atoms with Crippen LogP contribution in [0, 0.1) is 0 Å². The molecule has 29 heavy (non-hydrogen) atoms. The minimum absolute atomic E-state index is 0.00856. The molecule has 0 fully saturated rings. The summed E-state index contributed by atoms with van der Waals surface area (Å²) in [6.07, 6.45) is 3.14. The molecule has 0 saturated carbocycles. The Morgan fingerprint density at radius 2 is 1.79 bits per heavy atom. The van der Waals surface area contributed by atoms with Crippen molar-refractivity contribution in [3.63, 3.8) is 0 Å². The summed E-state index contributed by atoms with van der Waals surface area (Å²) >= 11 is 0. The summed E-state index contributed by atoms with van der Waals surface area (Å²) in [5.74, 6) is 1.59. The zero-order valence-corrected chi connectivity index (χ0v) is 16.3. The van der Waals surface area contributed by atoms with Gasteiger partial charge in [0.05, 0.1) is 6.04 Å². The molecule has 3 aromatic rings. The maximum atomic E-state index is 9.47. The van der Waals surface area contributed by atoms with E-state index in [-0.39, 0.29) is 17.7 Å². The lowest BCUT2D eigenvalue weighted by Crippen LogP contribution is -2.32. The van der Waals surface area contributed by atoms with E-state index in [2.05, 4.69) is 38.2 Å². The maximum Gasteiger partial charge on any atom is 0.232 e. The number of anilines is 3. The van der Waals surface area contributed by atoms with Crippen LogP contribution in [0.3, 0.4) is 0 Å². The average molecular weight is 388 g/mol. The van der Waals surface area contributed by atoms with Crippen LogP contribution in [0.1, 0.15) is 30.8 Å². The van der Waals surface area contributed by atoms with E-state index in [4.69, 9.17) is 5.73 Å². The van der Waals surface area contributed by atoms with Gasteiger partial charge >= 0.3 is 0 Å². The molecular formula is C22H24N6O. The highest BCUT2D eigenvalue weighted by Crippen LogP contribution is 2.28. The summed E-state index contributed by atoms with van der Waals surface area (Å²) in [6.45, 7) is 3.77. The largest absolute Gasteiger partial charge is 0.508 e. The van der Waals surface area contributed by atoms with Crippen LogP contribution in [0.4, 0.5) is 17.6 Å². The fourth-order valence-electron chi connectivity index (χ4n) is 3.44. The predicted octanol–water partition coefficient (Wildman–Crippen LogP) is 3.75. The molecular weight excluding hydrogens is 364 g/mol. The molecule has 1 aliphatic rings. The van der Waals surface area contributed by atoms with Crippen molar-refractivity contribution in [2.45, 2.75) is 19.4 Å². The van der Waals surface area contributed by atoms with Crippen molar-refractivity contribution in [1.82, 2.24) is 19.9 Å². The van der Waals surface area contributed by atoms with Crippen LogP contribution in [0.5, 0.6) is 5.75 Å². The van der Waals surface area contributed by atoms with E-state index in [1.807, 2.05) is 42.5 Å². The number of phenols is 1. The molecule has 4 rings (SSSR count). The van der Waals surface area contributed by atoms with Crippen molar-refractivity contribution in [3.8, 4) is 5.75 Å². The first-order valence-electron chi connectivity index (χ1n) is 9.64. The van der Waals surface area contributed by atoms with Crippen molar-refractivity contribution in [2.75, 3.05) is 24.1 Å². The number of aromatic nitrogens is 3. The Labute approximate surface area is 170 Å². The fourth-order valence-corrected chi connectivity index (χ4v) is 3.44. The lowest BCUT2D eigenvalue weighted by Gasteiger charge is -2.31. The molecule has 7 heteroatoms. The standard InChI is InChI=1S/C22H24N6O/c1-15(28-13-11-17(12-14-28)16-7-9-19(29)10-8-16)20-25-21(23)27-22(26-20)24-18-5-3-2-4-6-18/h2-11,15,29H,12-14H2,1H3,(H3,23,24,25,26,27). The minimum Gasteiger partial charge on any atom is -0.508 e. The first-order chi connectivity index (χ1) is 14.1. The SMILES string of the molecule is CC(c1nc(N)nc(Nc2ccccc2)n1)N1CC=C(c2ccc(O)cc2)CC1. The molecule has 2 aromatic carbocycles. The highest BCUT2D eigenvalue weighted by molar-refractivity contribution is 5.67. The van der Waals surface area contributed by atoms with E-state index in [1.54, 1.807) is 12.1 Å². The Morgan fingerprint density at radius 1 is 1.03 bits per heavy atom. The first-order valence-corrected chi connectivity index (χ1v) is 9.64. The fraction of sp³-hybridized carbons (Fsp3) is 0.227. The summed E-state index contributed by atoms with van der Waals surface area (Å²) in [5, 5.41) is 12.7. The lowest BCUT2D eigenvalue weighted by atomic mass is 9.98. The molecule has 0 saturated heterocycles. The summed E-state index contributed by atoms with van der Waals surface area (Å²) in [6, 6.07) is 17.1. The Balaban J connectivity index is 1.48. The summed E-state index contributed by atoms with van der Waals surface area (Å²) in [4.78, 5) is 15.5. The molecule has 0 amide bonds. The lowest BCUT2D eigenvalue weighted by molar-refractivity contribution is 0.225. The van der Waals surface area contributed by atoms with Crippen LogP contribution >= 0.6 is 0 Å². The quantitative estimate of drug-likeness (QED) is 0.612. The third-order valence-corrected chi connectivity index (χ3v) is 5.10. The number of phenolic OH excluding ortho intramolecular Hbond substituents is 1. The predicted molar refractivity (Wildman–Crippen MR) is 115 cm³/mol. The smallest absolute Gasteiger partial charge is 0.232 e. The van der Waals surface area contributed by atoms with Crippen LogP contribution in [-0.4, -0.2) is 38.0 Å². The van der Waals surface area contributed by atoms with E-state index >= 15 is 0 Å². The molecule has 148 valence electrons. The molecule has 1 aliphatic heterocycles. The maximum absolute atomic E-state index is 9.47. The number of nitrogen functional groups attached to an aromatic ring is 1. The van der Waals surface area contributed by atoms with Gasteiger partial charge in [-0.15, -0.1) is 0 Å². The van der Waals surface area contributed by atoms with Gasteiger partial charge in [0.15, 0.2) is 5.82 Å². The second-order valence-corrected chi connectivity index (χ2v) is 7.06. The van der Waals surface area contributed by atoms with Crippen molar-refractivity contribution in [2.24, 2.45) is 0 Å². The third kappa shape index (κ3) is 4.52. The number of nitrogens with two attached hydrogens (primary N) is 1. The number of hydrogen-bond acceptors (Lipinski definition) is 7. The number of hydrogen-bond donors (Lipinski definition) is 3. The molecule has 0 radical (unpaired) electrons. The van der Waals surface area contributed by atoms with Gasteiger partial charge in [0.25, 0.3) is 0 Å². The van der Waals surface area contributed by atoms with E-state index in [1.165, 1.54) is 5.57 Å². The number of para-hydroxylation sites is 1. The van der Waals surface area contributed by atoms with E-state index in [9.17, 15) is 5.11 Å². The summed E-state index contributed by atoms with van der Waals surface area (Å²) in [7, 11) is 0. The number of nitrogens with one attached hydrogen (secondary N) is 1. The molecule has 1 atom stereocenters. The monoisotopic (exact) mass is 388 g/mol. The molecule has 1 unspecified atom stereocenters. The second-order valence-electron chi connectivity index (χ2n) is 7.06. The second kappa shape index (κ2) is 8.28. The number of aromatic hydroxyl groups is 1. The van der Waals surface area contributed by atoms with Gasteiger partial charge in [0, 0.05) is 18.8 Å². The topological polar surface area (TPSA) is 100 Å². The normalized spacial score (nSPS) is 15.6. The molecule has 0 aliphatic carbocycles. The van der Waals surface area contributed by atoms with Gasteiger partial charge in [0.2, 0.25) is 11.9 Å². The van der Waals surface area contributed by atoms with Gasteiger partial charge in [-0.1, -0.05) is 36.4 Å². The Morgan fingerprint density at radius 3 is 2.48 bits per heavy atom. The third-order valence-electron chi connectivity index (χ3n) is 5.10. The van der Waals surface area contributed by atoms with Crippen LogP contribution in [-0.2, 0) is 0 Å². The van der Waals surface area contributed by atoms with Gasteiger partial charge < -0.3 is 16.2 Å². The van der Waals surface area contributed by atoms with Gasteiger partial charge in [-0.3, -0.25) is 4.90 Å². The van der Waals surface area contributed by atoms with E-state index in [0.717, 1.165) is 30.8 Å². The molecule has 7 nitrogen and oxygen atoms in total. The van der Waals surface area contributed by atoms with Crippen molar-refractivity contribution < 1.29 is 5.11 Å². The van der Waals surface area contributed by atoms with Gasteiger partial charge in [0.1, 0.15) is 5.75 Å². The van der Waals surface area contributed by atoms with Crippen molar-refractivity contribution >= 4 is 23.2 Å². The zero-order valence-electron chi connectivity index (χ0n) is 16.3. The van der Waals surface area contributed by atoms with Crippen LogP contribution in [0.15, 0.2) is 60.7 Å². The molecule has 0 bridgehead atoms. The number of rotatable bonds is 5. The summed E-state index contributed by atoms with van der Waals surface area (Å²) in [5.41, 5.74) is 9.27. The number of benzene rings is 2. The van der Waals surface area contributed by atoms with Crippen LogP contribution in [0.25, 0.3) is 5.57 Å². The van der Waals surface area contributed by atoms with Gasteiger partial charge in [-0.25, -0.2) is 0 Å². The molecule has 0 spiro atoms. The molecule has 2 heterocycles. The zero-order chi connectivity index (χ0) is 20.2. The average Bonchev–Trinajstić information content (AvgIpc) is 2.74. The van der Waals surface area contributed by atoms with Gasteiger partial charge in [-0.05, 0) is 48.7 Å². The Hall–Kier alpha value is -3.45. The molecule has 4 N–H and O–H groups in total. The van der Waals surface area contributed by atoms with Gasteiger partial charge in [-0.2, -0.15) is 15.0 Å². The summed E-state index contributed by atoms with van der Waals surface area (Å²) < 4.78 is 0. The van der Waals surface area contributed by atoms with Crippen molar-refractivity contribution in [3.05, 3.63) is 72.1 Å². The highest BCUT2D eigenvalue weighted by Gasteiger charge is 2.22. The molecule has 1 aromatic heterocycles. The Kier molecular flexibility index (Phi) is 5.39. The van der Waals surface area contributed by atoms with Crippen molar-refractivity contribution in [1.29, 1.82) is 0 Å². The van der Waals surface area contributed by atoms with Crippen LogP contribution < -0.4 is 11.1 Å². The van der Waals surface area contributed by atoms with E-state index in [0.29, 0.717) is 11.8 Å². The Bertz CT molecular complexity index is 1000. The highest BCUT2D eigenvalue weighted by atomic mass is 16.3. The van der Waals surface area contributed by atoms with E-state index < -0.39 is 0 Å². The minimum atomic E-state index is 0.00856. The van der Waals surface area contributed by atoms with Crippen LogP contribution in [0.2, 0.25) is 0 Å². The number of nitrogens with zero attached hydrogens (tertiary/aromatic N) is 4.